The number of aromatic nitrogens is 4. The first kappa shape index (κ1) is 19.7. The number of ether oxygens (including phenoxy) is 1. The number of tetrazole rings is 1. The SMILES string of the molecule is O=C(Cc1ccc(-n2cnnn2)cc1)NCC1(c2cccc(Br)c2)CCOCC1. The molecule has 3 aromatic rings. The molecule has 2 aromatic carbocycles. The monoisotopic (exact) mass is 455 g/mol. The maximum Gasteiger partial charge on any atom is 0.224 e. The highest BCUT2D eigenvalue weighted by Gasteiger charge is 2.35. The van der Waals surface area contributed by atoms with Crippen LogP contribution in [0.5, 0.6) is 0 Å². The van der Waals surface area contributed by atoms with Crippen LogP contribution in [-0.2, 0) is 21.4 Å². The topological polar surface area (TPSA) is 81.9 Å². The van der Waals surface area contributed by atoms with Crippen molar-refractivity contribution >= 4 is 21.8 Å². The molecule has 1 saturated heterocycles. The third kappa shape index (κ3) is 4.71. The van der Waals surface area contributed by atoms with Gasteiger partial charge in [0.2, 0.25) is 5.91 Å². The van der Waals surface area contributed by atoms with Gasteiger partial charge in [0, 0.05) is 29.6 Å². The molecule has 29 heavy (non-hydrogen) atoms. The number of carbonyl (C=O) groups excluding carboxylic acids is 1. The summed E-state index contributed by atoms with van der Waals surface area (Å²) in [5.41, 5.74) is 2.95. The van der Waals surface area contributed by atoms with E-state index in [0.29, 0.717) is 26.2 Å². The molecule has 0 spiro atoms. The molecule has 1 amide bonds. The van der Waals surface area contributed by atoms with E-state index in [0.717, 1.165) is 28.6 Å². The predicted octanol–water partition coefficient (Wildman–Crippen LogP) is 2.83. The van der Waals surface area contributed by atoms with E-state index in [2.05, 4.69) is 48.9 Å². The Bertz CT molecular complexity index is 953. The summed E-state index contributed by atoms with van der Waals surface area (Å²) in [7, 11) is 0. The number of amides is 1. The first-order valence-corrected chi connectivity index (χ1v) is 10.4. The minimum atomic E-state index is -0.0956. The number of benzene rings is 2. The Hall–Kier alpha value is -2.58. The molecule has 2 heterocycles. The summed E-state index contributed by atoms with van der Waals surface area (Å²) in [5.74, 6) is 0.0148. The van der Waals surface area contributed by atoms with Gasteiger partial charge in [-0.15, -0.1) is 5.10 Å². The third-order valence-corrected chi connectivity index (χ3v) is 5.92. The summed E-state index contributed by atoms with van der Waals surface area (Å²) in [6.45, 7) is 2.02. The van der Waals surface area contributed by atoms with Crippen molar-refractivity contribution in [2.75, 3.05) is 19.8 Å². The van der Waals surface area contributed by atoms with Gasteiger partial charge >= 0.3 is 0 Å². The zero-order chi connectivity index (χ0) is 20.1. The summed E-state index contributed by atoms with van der Waals surface area (Å²) < 4.78 is 8.21. The fraction of sp³-hybridized carbons (Fsp3) is 0.333. The molecule has 1 fully saturated rings. The maximum absolute atomic E-state index is 12.6. The van der Waals surface area contributed by atoms with Crippen LogP contribution >= 0.6 is 15.9 Å². The number of halogens is 1. The minimum Gasteiger partial charge on any atom is -0.381 e. The third-order valence-electron chi connectivity index (χ3n) is 5.43. The molecular weight excluding hydrogens is 434 g/mol. The molecule has 1 aromatic heterocycles. The Morgan fingerprint density at radius 2 is 1.97 bits per heavy atom. The van der Waals surface area contributed by atoms with E-state index in [1.54, 1.807) is 4.68 Å². The van der Waals surface area contributed by atoms with E-state index in [1.807, 2.05) is 36.4 Å². The Morgan fingerprint density at radius 3 is 2.66 bits per heavy atom. The molecule has 0 radical (unpaired) electrons. The second-order valence-corrected chi connectivity index (χ2v) is 8.19. The van der Waals surface area contributed by atoms with Gasteiger partial charge in [-0.05, 0) is 58.7 Å². The van der Waals surface area contributed by atoms with E-state index < -0.39 is 0 Å². The van der Waals surface area contributed by atoms with E-state index in [4.69, 9.17) is 4.74 Å². The Balaban J connectivity index is 1.40. The predicted molar refractivity (Wildman–Crippen MR) is 112 cm³/mol. The molecule has 0 bridgehead atoms. The van der Waals surface area contributed by atoms with Crippen LogP contribution in [-0.4, -0.2) is 45.9 Å². The van der Waals surface area contributed by atoms with Crippen LogP contribution in [0, 0.1) is 0 Å². The highest BCUT2D eigenvalue weighted by atomic mass is 79.9. The molecule has 0 atom stereocenters. The van der Waals surface area contributed by atoms with Gasteiger partial charge in [-0.25, -0.2) is 4.68 Å². The number of rotatable bonds is 6. The molecule has 0 aliphatic carbocycles. The van der Waals surface area contributed by atoms with Crippen LogP contribution < -0.4 is 5.32 Å². The normalized spacial score (nSPS) is 15.8. The zero-order valence-corrected chi connectivity index (χ0v) is 17.5. The number of nitrogens with one attached hydrogen (secondary N) is 1. The smallest absolute Gasteiger partial charge is 0.224 e. The second-order valence-electron chi connectivity index (χ2n) is 7.28. The van der Waals surface area contributed by atoms with Crippen LogP contribution in [0.3, 0.4) is 0 Å². The van der Waals surface area contributed by atoms with Gasteiger partial charge in [0.15, 0.2) is 0 Å². The zero-order valence-electron chi connectivity index (χ0n) is 15.9. The average Bonchev–Trinajstić information content (AvgIpc) is 3.28. The molecule has 8 heteroatoms. The lowest BCUT2D eigenvalue weighted by Gasteiger charge is -2.38. The Labute approximate surface area is 177 Å². The Morgan fingerprint density at radius 1 is 1.17 bits per heavy atom. The maximum atomic E-state index is 12.6. The van der Waals surface area contributed by atoms with E-state index in [1.165, 1.54) is 11.9 Å². The molecule has 0 unspecified atom stereocenters. The molecular formula is C21H22BrN5O2. The van der Waals surface area contributed by atoms with Gasteiger partial charge < -0.3 is 10.1 Å². The van der Waals surface area contributed by atoms with Crippen LogP contribution in [0.15, 0.2) is 59.3 Å². The average molecular weight is 456 g/mol. The van der Waals surface area contributed by atoms with Crippen LogP contribution in [0.25, 0.3) is 5.69 Å². The lowest BCUT2D eigenvalue weighted by atomic mass is 9.74. The Kier molecular flexibility index (Phi) is 6.01. The number of hydrogen-bond donors (Lipinski definition) is 1. The molecule has 1 aliphatic rings. The van der Waals surface area contributed by atoms with Crippen molar-refractivity contribution in [3.8, 4) is 5.69 Å². The van der Waals surface area contributed by atoms with Crippen molar-refractivity contribution in [3.05, 3.63) is 70.5 Å². The van der Waals surface area contributed by atoms with Crippen LogP contribution in [0.1, 0.15) is 24.0 Å². The van der Waals surface area contributed by atoms with E-state index >= 15 is 0 Å². The highest BCUT2D eigenvalue weighted by molar-refractivity contribution is 9.10. The van der Waals surface area contributed by atoms with Crippen LogP contribution in [0.4, 0.5) is 0 Å². The van der Waals surface area contributed by atoms with Crippen molar-refractivity contribution in [1.82, 2.24) is 25.5 Å². The molecule has 4 rings (SSSR count). The highest BCUT2D eigenvalue weighted by Crippen LogP contribution is 2.35. The van der Waals surface area contributed by atoms with Crippen molar-refractivity contribution in [2.24, 2.45) is 0 Å². The number of hydrogen-bond acceptors (Lipinski definition) is 5. The molecule has 150 valence electrons. The van der Waals surface area contributed by atoms with Gasteiger partial charge in [-0.1, -0.05) is 40.2 Å². The largest absolute Gasteiger partial charge is 0.381 e. The van der Waals surface area contributed by atoms with Crippen LogP contribution in [0.2, 0.25) is 0 Å². The lowest BCUT2D eigenvalue weighted by molar-refractivity contribution is -0.120. The fourth-order valence-electron chi connectivity index (χ4n) is 3.71. The van der Waals surface area contributed by atoms with E-state index in [-0.39, 0.29) is 11.3 Å². The van der Waals surface area contributed by atoms with Crippen molar-refractivity contribution < 1.29 is 9.53 Å². The number of carbonyl (C=O) groups is 1. The van der Waals surface area contributed by atoms with Crippen molar-refractivity contribution in [1.29, 1.82) is 0 Å². The lowest BCUT2D eigenvalue weighted by Crippen LogP contribution is -2.45. The molecule has 0 saturated carbocycles. The van der Waals surface area contributed by atoms with Gasteiger partial charge in [-0.2, -0.15) is 0 Å². The quantitative estimate of drug-likeness (QED) is 0.617. The van der Waals surface area contributed by atoms with Gasteiger partial charge in [0.05, 0.1) is 12.1 Å². The molecule has 1 aliphatic heterocycles. The van der Waals surface area contributed by atoms with Gasteiger partial charge in [0.25, 0.3) is 0 Å². The summed E-state index contributed by atoms with van der Waals surface area (Å²) in [6.07, 6.45) is 3.66. The molecule has 1 N–H and O–H groups in total. The number of nitrogens with zero attached hydrogens (tertiary/aromatic N) is 4. The van der Waals surface area contributed by atoms with Gasteiger partial charge in [-0.3, -0.25) is 4.79 Å². The second kappa shape index (κ2) is 8.84. The first-order chi connectivity index (χ1) is 14.1. The summed E-state index contributed by atoms with van der Waals surface area (Å²) >= 11 is 3.56. The summed E-state index contributed by atoms with van der Waals surface area (Å²) in [5, 5.41) is 14.3. The summed E-state index contributed by atoms with van der Waals surface area (Å²) in [6, 6.07) is 16.0. The molecule has 7 nitrogen and oxygen atoms in total. The summed E-state index contributed by atoms with van der Waals surface area (Å²) in [4.78, 5) is 12.6. The fourth-order valence-corrected chi connectivity index (χ4v) is 4.11. The minimum absolute atomic E-state index is 0.0148. The van der Waals surface area contributed by atoms with Crippen molar-refractivity contribution in [3.63, 3.8) is 0 Å². The van der Waals surface area contributed by atoms with Crippen molar-refractivity contribution in [2.45, 2.75) is 24.7 Å². The standard InChI is InChI=1S/C21H22BrN5O2/c22-18-3-1-2-17(13-18)21(8-10-29-11-9-21)14-23-20(28)12-16-4-6-19(7-5-16)27-15-24-25-26-27/h1-7,13,15H,8-12,14H2,(H,23,28). The van der Waals surface area contributed by atoms with Gasteiger partial charge in [0.1, 0.15) is 6.33 Å². The first-order valence-electron chi connectivity index (χ1n) is 9.57. The van der Waals surface area contributed by atoms with E-state index in [9.17, 15) is 4.79 Å².